The Balaban J connectivity index is 1.53. The van der Waals surface area contributed by atoms with Crippen molar-refractivity contribution in [2.75, 3.05) is 13.2 Å². The first-order valence-electron chi connectivity index (χ1n) is 13.4. The van der Waals surface area contributed by atoms with E-state index < -0.39 is 22.6 Å². The van der Waals surface area contributed by atoms with Gasteiger partial charge in [0, 0.05) is 17.4 Å². The molecule has 5 rings (SSSR count). The van der Waals surface area contributed by atoms with Crippen molar-refractivity contribution in [2.24, 2.45) is 11.7 Å². The minimum Gasteiger partial charge on any atom is -0.490 e. The Labute approximate surface area is 206 Å². The lowest BCUT2D eigenvalue weighted by molar-refractivity contribution is -0.129. The Kier molecular flexibility index (Phi) is 6.31. The lowest BCUT2D eigenvalue weighted by Crippen LogP contribution is -2.50. The molecule has 2 amide bonds. The van der Waals surface area contributed by atoms with Crippen LogP contribution < -0.4 is 15.8 Å². The van der Waals surface area contributed by atoms with E-state index >= 15 is 4.39 Å². The van der Waals surface area contributed by atoms with Crippen molar-refractivity contribution in [1.29, 1.82) is 0 Å². The average molecular weight is 488 g/mol. The molecule has 8 heteroatoms. The summed E-state index contributed by atoms with van der Waals surface area (Å²) >= 11 is 0. The molecule has 4 aliphatic rings. The maximum absolute atomic E-state index is 15.8. The van der Waals surface area contributed by atoms with Crippen LogP contribution >= 0.6 is 0 Å². The first-order chi connectivity index (χ1) is 16.7. The number of hydrogen-bond acceptors (Lipinski definition) is 5. The quantitative estimate of drug-likeness (QED) is 0.543. The third kappa shape index (κ3) is 4.21. The van der Waals surface area contributed by atoms with Crippen molar-refractivity contribution in [2.45, 2.75) is 107 Å². The molecule has 0 bridgehead atoms. The molecular weight excluding hydrogens is 449 g/mol. The van der Waals surface area contributed by atoms with Gasteiger partial charge in [0.1, 0.15) is 23.4 Å². The van der Waals surface area contributed by atoms with E-state index in [0.717, 1.165) is 64.2 Å². The summed E-state index contributed by atoms with van der Waals surface area (Å²) in [5.74, 6) is -0.0901. The fourth-order valence-corrected chi connectivity index (χ4v) is 6.20. The molecule has 1 aromatic heterocycles. The number of carbonyl (C=O) groups excluding carboxylic acids is 2. The Morgan fingerprint density at radius 3 is 2.40 bits per heavy atom. The molecule has 3 fully saturated rings. The molecule has 2 heterocycles. The van der Waals surface area contributed by atoms with Gasteiger partial charge in [-0.3, -0.25) is 14.6 Å². The van der Waals surface area contributed by atoms with Crippen LogP contribution in [-0.4, -0.2) is 40.7 Å². The number of aromatic nitrogens is 1. The second-order valence-electron chi connectivity index (χ2n) is 11.5. The number of fused-ring (bicyclic) bond motifs is 1. The van der Waals surface area contributed by atoms with Crippen LogP contribution in [0, 0.1) is 5.92 Å². The largest absolute Gasteiger partial charge is 0.490 e. The highest BCUT2D eigenvalue weighted by molar-refractivity contribution is 5.88. The number of rotatable bonds is 7. The van der Waals surface area contributed by atoms with Crippen molar-refractivity contribution >= 4 is 11.8 Å². The number of nitrogens with one attached hydrogen (secondary N) is 1. The van der Waals surface area contributed by atoms with Gasteiger partial charge in [0.2, 0.25) is 11.8 Å². The Hall–Kier alpha value is -2.22. The first-order valence-corrected chi connectivity index (χ1v) is 13.4. The Morgan fingerprint density at radius 1 is 1.17 bits per heavy atom. The van der Waals surface area contributed by atoms with Crippen molar-refractivity contribution in [3.8, 4) is 5.75 Å². The van der Waals surface area contributed by atoms with Gasteiger partial charge in [-0.15, -0.1) is 0 Å². The fourth-order valence-electron chi connectivity index (χ4n) is 6.20. The highest BCUT2D eigenvalue weighted by atomic mass is 19.1. The van der Waals surface area contributed by atoms with Crippen molar-refractivity contribution in [3.05, 3.63) is 23.0 Å². The summed E-state index contributed by atoms with van der Waals surface area (Å²) in [6.07, 6.45) is 10.3. The van der Waals surface area contributed by atoms with Crippen LogP contribution in [0.25, 0.3) is 0 Å². The standard InChI is InChI=1S/C27H38FN3O4/c1-25(24(29)33)16-35-22-19(25)14-20(31-21(22)17-8-4-2-5-9-17)27(34,26(28)12-13-26)15-30-23(32)18-10-6-3-7-11-18/h14,17-18,34H,2-13,15-16H2,1H3,(H2,29,33)(H,30,32)/t25-,27-/m0/s1. The maximum Gasteiger partial charge on any atom is 0.231 e. The molecule has 0 saturated heterocycles. The minimum absolute atomic E-state index is 0.0971. The second kappa shape index (κ2) is 9.02. The topological polar surface area (TPSA) is 115 Å². The molecule has 3 saturated carbocycles. The van der Waals surface area contributed by atoms with E-state index in [4.69, 9.17) is 15.5 Å². The molecular formula is C27H38FN3O4. The molecule has 7 nitrogen and oxygen atoms in total. The zero-order valence-corrected chi connectivity index (χ0v) is 20.7. The van der Waals surface area contributed by atoms with E-state index in [1.165, 1.54) is 0 Å². The number of nitrogens with two attached hydrogens (primary N) is 1. The molecule has 35 heavy (non-hydrogen) atoms. The van der Waals surface area contributed by atoms with Gasteiger partial charge < -0.3 is 20.9 Å². The van der Waals surface area contributed by atoms with Crippen molar-refractivity contribution < 1.29 is 23.8 Å². The third-order valence-electron chi connectivity index (χ3n) is 8.98. The van der Waals surface area contributed by atoms with Crippen LogP contribution in [-0.2, 0) is 20.6 Å². The van der Waals surface area contributed by atoms with Crippen molar-refractivity contribution in [1.82, 2.24) is 10.3 Å². The van der Waals surface area contributed by atoms with E-state index in [1.54, 1.807) is 13.0 Å². The smallest absolute Gasteiger partial charge is 0.231 e. The number of alkyl halides is 1. The number of nitrogens with zero attached hydrogens (tertiary/aromatic N) is 1. The monoisotopic (exact) mass is 487 g/mol. The molecule has 2 atom stereocenters. The van der Waals surface area contributed by atoms with Crippen LogP contribution in [0.2, 0.25) is 0 Å². The van der Waals surface area contributed by atoms with Gasteiger partial charge in [-0.05, 0) is 51.5 Å². The van der Waals surface area contributed by atoms with Gasteiger partial charge in [0.25, 0.3) is 0 Å². The summed E-state index contributed by atoms with van der Waals surface area (Å²) in [6, 6.07) is 1.60. The zero-order chi connectivity index (χ0) is 24.8. The number of ether oxygens (including phenoxy) is 1. The third-order valence-corrected chi connectivity index (χ3v) is 8.98. The summed E-state index contributed by atoms with van der Waals surface area (Å²) in [4.78, 5) is 30.2. The molecule has 0 unspecified atom stereocenters. The van der Waals surface area contributed by atoms with E-state index in [1.807, 2.05) is 0 Å². The minimum atomic E-state index is -1.99. The number of carbonyl (C=O) groups is 2. The predicted octanol–water partition coefficient (Wildman–Crippen LogP) is 3.65. The summed E-state index contributed by atoms with van der Waals surface area (Å²) in [5.41, 5.74) is 2.25. The number of hydrogen-bond donors (Lipinski definition) is 3. The Bertz CT molecular complexity index is 1000. The molecule has 3 aliphatic carbocycles. The molecule has 0 radical (unpaired) electrons. The number of halogens is 1. The van der Waals surface area contributed by atoms with Gasteiger partial charge >= 0.3 is 0 Å². The molecule has 0 aromatic carbocycles. The number of aliphatic hydroxyl groups is 1. The van der Waals surface area contributed by atoms with Gasteiger partial charge in [0.15, 0.2) is 5.60 Å². The lowest BCUT2D eigenvalue weighted by Gasteiger charge is -2.34. The van der Waals surface area contributed by atoms with Gasteiger partial charge in [0.05, 0.1) is 17.9 Å². The second-order valence-corrected chi connectivity index (χ2v) is 11.5. The zero-order valence-electron chi connectivity index (χ0n) is 20.7. The summed E-state index contributed by atoms with van der Waals surface area (Å²) in [5, 5.41) is 14.7. The normalized spacial score (nSPS) is 28.0. The molecule has 1 aliphatic heterocycles. The highest BCUT2D eigenvalue weighted by Gasteiger charge is 2.62. The number of amides is 2. The van der Waals surface area contributed by atoms with Crippen LogP contribution in [0.15, 0.2) is 6.07 Å². The number of primary amides is 1. The van der Waals surface area contributed by atoms with E-state index in [9.17, 15) is 14.7 Å². The van der Waals surface area contributed by atoms with Crippen LogP contribution in [0.1, 0.15) is 107 Å². The van der Waals surface area contributed by atoms with Crippen molar-refractivity contribution in [3.63, 3.8) is 0 Å². The molecule has 0 spiro atoms. The van der Waals surface area contributed by atoms with Gasteiger partial charge in [-0.2, -0.15) is 0 Å². The molecule has 4 N–H and O–H groups in total. The average Bonchev–Trinajstić information content (AvgIpc) is 3.55. The Morgan fingerprint density at radius 2 is 1.80 bits per heavy atom. The summed E-state index contributed by atoms with van der Waals surface area (Å²) in [6.45, 7) is 1.57. The fraction of sp³-hybridized carbons (Fsp3) is 0.741. The van der Waals surface area contributed by atoms with E-state index in [2.05, 4.69) is 5.32 Å². The van der Waals surface area contributed by atoms with E-state index in [0.29, 0.717) is 17.0 Å². The maximum atomic E-state index is 15.8. The predicted molar refractivity (Wildman–Crippen MR) is 129 cm³/mol. The van der Waals surface area contributed by atoms with Gasteiger partial charge in [-0.25, -0.2) is 4.39 Å². The van der Waals surface area contributed by atoms with Crippen LogP contribution in [0.3, 0.4) is 0 Å². The lowest BCUT2D eigenvalue weighted by atomic mass is 9.79. The van der Waals surface area contributed by atoms with Gasteiger partial charge in [-0.1, -0.05) is 38.5 Å². The molecule has 192 valence electrons. The SMILES string of the molecule is C[C@]1(C(N)=O)COc2c1cc([C@@](O)(CNC(=O)C1CCCCC1)C1(F)CC1)nc2C1CCCCC1. The molecule has 1 aromatic rings. The number of pyridine rings is 1. The summed E-state index contributed by atoms with van der Waals surface area (Å²) < 4.78 is 21.8. The van der Waals surface area contributed by atoms with Crippen LogP contribution in [0.4, 0.5) is 4.39 Å². The van der Waals surface area contributed by atoms with Crippen LogP contribution in [0.5, 0.6) is 5.75 Å². The highest BCUT2D eigenvalue weighted by Crippen LogP contribution is 2.55. The summed E-state index contributed by atoms with van der Waals surface area (Å²) in [7, 11) is 0. The van der Waals surface area contributed by atoms with E-state index in [-0.39, 0.29) is 49.4 Å². The first kappa shape index (κ1) is 24.5.